The zero-order chi connectivity index (χ0) is 19.2. The van der Waals surface area contributed by atoms with Crippen LogP contribution in [0.5, 0.6) is 5.75 Å². The van der Waals surface area contributed by atoms with Gasteiger partial charge in [0.05, 0.1) is 10.9 Å². The molecule has 3 heteroatoms. The average molecular weight is 495 g/mol. The number of hydrogen-bond acceptors (Lipinski definition) is 1. The van der Waals surface area contributed by atoms with Crippen molar-refractivity contribution in [1.82, 2.24) is 0 Å². The van der Waals surface area contributed by atoms with Crippen LogP contribution in [-0.2, 0) is 17.5 Å². The van der Waals surface area contributed by atoms with Crippen LogP contribution in [0.2, 0.25) is 0 Å². The van der Waals surface area contributed by atoms with Crippen LogP contribution in [-0.4, -0.2) is 0 Å². The first-order valence-electron chi connectivity index (χ1n) is 9.11. The Morgan fingerprint density at radius 3 is 1.61 bits per heavy atom. The summed E-state index contributed by atoms with van der Waals surface area (Å²) in [6.07, 6.45) is 0. The largest absolute Gasteiger partial charge is 0.489 e. The van der Waals surface area contributed by atoms with E-state index in [1.165, 1.54) is 23.8 Å². The van der Waals surface area contributed by atoms with Gasteiger partial charge >= 0.3 is 0 Å². The summed E-state index contributed by atoms with van der Waals surface area (Å²) in [6, 6.07) is 38.4. The first-order chi connectivity index (χ1) is 13.8. The molecule has 0 aliphatic heterocycles. The molecule has 0 aromatic heterocycles. The Hall–Kier alpha value is -2.24. The predicted octanol–water partition coefficient (Wildman–Crippen LogP) is 6.97. The predicted molar refractivity (Wildman–Crippen MR) is 125 cm³/mol. The second-order valence-electron chi connectivity index (χ2n) is 6.32. The maximum Gasteiger partial charge on any atom is 0.166 e. The van der Waals surface area contributed by atoms with E-state index in [1.54, 1.807) is 0 Å². The Balaban J connectivity index is 1.55. The summed E-state index contributed by atoms with van der Waals surface area (Å²) < 4.78 is 7.13. The van der Waals surface area contributed by atoms with Crippen molar-refractivity contribution < 1.29 is 4.74 Å². The lowest BCUT2D eigenvalue weighted by Crippen LogP contribution is -2.05. The van der Waals surface area contributed by atoms with E-state index >= 15 is 0 Å². The van der Waals surface area contributed by atoms with Gasteiger partial charge in [-0.3, -0.25) is 0 Å². The van der Waals surface area contributed by atoms with Gasteiger partial charge in [-0.05, 0) is 88.8 Å². The molecular formula is C25H20IOS+. The molecule has 0 spiro atoms. The molecular weight excluding hydrogens is 475 g/mol. The van der Waals surface area contributed by atoms with Crippen molar-refractivity contribution in [2.24, 2.45) is 0 Å². The Kier molecular flexibility index (Phi) is 6.34. The number of halogens is 1. The van der Waals surface area contributed by atoms with Gasteiger partial charge in [0.15, 0.2) is 14.7 Å². The third-order valence-corrected chi connectivity index (χ3v) is 7.29. The van der Waals surface area contributed by atoms with E-state index in [1.807, 2.05) is 12.1 Å². The number of ether oxygens (including phenoxy) is 1. The summed E-state index contributed by atoms with van der Waals surface area (Å²) in [7, 11) is -0.107. The van der Waals surface area contributed by atoms with Crippen LogP contribution in [0.3, 0.4) is 0 Å². The zero-order valence-electron chi connectivity index (χ0n) is 15.3. The highest BCUT2D eigenvalue weighted by Crippen LogP contribution is 2.31. The van der Waals surface area contributed by atoms with Crippen molar-refractivity contribution in [1.29, 1.82) is 0 Å². The molecule has 0 heterocycles. The molecule has 28 heavy (non-hydrogen) atoms. The number of hydrogen-bond donors (Lipinski definition) is 0. The minimum Gasteiger partial charge on any atom is -0.489 e. The van der Waals surface area contributed by atoms with Gasteiger partial charge in [0.1, 0.15) is 12.4 Å². The number of rotatable bonds is 6. The third-order valence-electron chi connectivity index (χ3n) is 4.34. The Morgan fingerprint density at radius 2 is 1.07 bits per heavy atom. The van der Waals surface area contributed by atoms with E-state index in [0.29, 0.717) is 6.61 Å². The van der Waals surface area contributed by atoms with E-state index < -0.39 is 0 Å². The quantitative estimate of drug-likeness (QED) is 0.208. The van der Waals surface area contributed by atoms with Crippen LogP contribution in [0.25, 0.3) is 0 Å². The molecule has 0 amide bonds. The fourth-order valence-corrected chi connectivity index (χ4v) is 5.38. The Labute approximate surface area is 182 Å². The van der Waals surface area contributed by atoms with E-state index in [9.17, 15) is 0 Å². The molecule has 0 unspecified atom stereocenters. The molecule has 1 nitrogen and oxygen atoms in total. The Morgan fingerprint density at radius 1 is 0.571 bits per heavy atom. The maximum absolute atomic E-state index is 5.92. The molecule has 0 N–H and O–H groups in total. The second kappa shape index (κ2) is 9.30. The SMILES string of the molecule is Ic1ccc(OCc2ccc([S+](c3ccccc3)c3ccccc3)cc2)cc1. The molecule has 0 fully saturated rings. The summed E-state index contributed by atoms with van der Waals surface area (Å²) in [5.74, 6) is 0.901. The molecule has 0 saturated carbocycles. The highest BCUT2D eigenvalue weighted by Gasteiger charge is 2.27. The van der Waals surface area contributed by atoms with Gasteiger partial charge in [-0.25, -0.2) is 0 Å². The first-order valence-corrected chi connectivity index (χ1v) is 11.4. The molecule has 138 valence electrons. The second-order valence-corrected chi connectivity index (χ2v) is 9.59. The van der Waals surface area contributed by atoms with Crippen LogP contribution < -0.4 is 4.74 Å². The van der Waals surface area contributed by atoms with Crippen molar-refractivity contribution in [3.8, 4) is 5.75 Å². The van der Waals surface area contributed by atoms with Crippen LogP contribution in [0.1, 0.15) is 5.56 Å². The summed E-state index contributed by atoms with van der Waals surface area (Å²) in [5.41, 5.74) is 1.17. The third kappa shape index (κ3) is 4.78. The molecule has 0 aliphatic rings. The lowest BCUT2D eigenvalue weighted by molar-refractivity contribution is 0.306. The van der Waals surface area contributed by atoms with E-state index in [4.69, 9.17) is 4.74 Å². The lowest BCUT2D eigenvalue weighted by atomic mass is 10.2. The minimum absolute atomic E-state index is 0.107. The fraction of sp³-hybridized carbons (Fsp3) is 0.0400. The van der Waals surface area contributed by atoms with E-state index in [2.05, 4.69) is 120 Å². The lowest BCUT2D eigenvalue weighted by Gasteiger charge is -2.09. The van der Waals surface area contributed by atoms with Gasteiger partial charge in [-0.15, -0.1) is 0 Å². The van der Waals surface area contributed by atoms with Crippen molar-refractivity contribution in [2.75, 3.05) is 0 Å². The minimum atomic E-state index is -0.107. The molecule has 0 aliphatic carbocycles. The van der Waals surface area contributed by atoms with Gasteiger partial charge in [-0.2, -0.15) is 0 Å². The zero-order valence-corrected chi connectivity index (χ0v) is 18.3. The molecule has 0 bridgehead atoms. The van der Waals surface area contributed by atoms with Crippen molar-refractivity contribution >= 4 is 33.5 Å². The standard InChI is InChI=1S/C25H20IOS/c26-21-13-15-22(16-14-21)27-19-20-11-17-25(18-12-20)28(23-7-3-1-4-8-23)24-9-5-2-6-10-24/h1-18H,19H2/q+1. The molecule has 4 rings (SSSR count). The maximum atomic E-state index is 5.92. The van der Waals surface area contributed by atoms with Gasteiger partial charge in [0.25, 0.3) is 0 Å². The smallest absolute Gasteiger partial charge is 0.166 e. The van der Waals surface area contributed by atoms with E-state index in [-0.39, 0.29) is 10.9 Å². The summed E-state index contributed by atoms with van der Waals surface area (Å²) >= 11 is 2.30. The first kappa shape index (κ1) is 19.1. The van der Waals surface area contributed by atoms with Crippen LogP contribution in [0.15, 0.2) is 124 Å². The van der Waals surface area contributed by atoms with Crippen LogP contribution in [0, 0.1) is 3.57 Å². The van der Waals surface area contributed by atoms with Crippen molar-refractivity contribution in [2.45, 2.75) is 21.3 Å². The summed E-state index contributed by atoms with van der Waals surface area (Å²) in [4.78, 5) is 3.98. The normalized spacial score (nSPS) is 10.8. The van der Waals surface area contributed by atoms with Gasteiger partial charge in [0, 0.05) is 3.57 Å². The fourth-order valence-electron chi connectivity index (χ4n) is 2.94. The molecule has 0 saturated heterocycles. The van der Waals surface area contributed by atoms with Gasteiger partial charge in [0.2, 0.25) is 0 Å². The molecule has 4 aromatic rings. The molecule has 0 radical (unpaired) electrons. The van der Waals surface area contributed by atoms with Gasteiger partial charge in [-0.1, -0.05) is 48.5 Å². The highest BCUT2D eigenvalue weighted by molar-refractivity contribution is 14.1. The number of benzene rings is 4. The monoisotopic (exact) mass is 495 g/mol. The Bertz CT molecular complexity index is 960. The molecule has 4 aromatic carbocycles. The van der Waals surface area contributed by atoms with Gasteiger partial charge < -0.3 is 4.74 Å². The summed E-state index contributed by atoms with van der Waals surface area (Å²) in [6.45, 7) is 0.575. The van der Waals surface area contributed by atoms with E-state index in [0.717, 1.165) is 5.75 Å². The van der Waals surface area contributed by atoms with Crippen LogP contribution >= 0.6 is 22.6 Å². The van der Waals surface area contributed by atoms with Crippen molar-refractivity contribution in [3.63, 3.8) is 0 Å². The van der Waals surface area contributed by atoms with Crippen molar-refractivity contribution in [3.05, 3.63) is 118 Å². The molecule has 0 atom stereocenters. The highest BCUT2D eigenvalue weighted by atomic mass is 127. The van der Waals surface area contributed by atoms with Crippen LogP contribution in [0.4, 0.5) is 0 Å². The average Bonchev–Trinajstić information content (AvgIpc) is 2.76. The topological polar surface area (TPSA) is 9.23 Å². The summed E-state index contributed by atoms with van der Waals surface area (Å²) in [5, 5.41) is 0.